The van der Waals surface area contributed by atoms with E-state index in [1.165, 1.54) is 6.42 Å². The zero-order chi connectivity index (χ0) is 17.1. The summed E-state index contributed by atoms with van der Waals surface area (Å²) in [5.41, 5.74) is 1.96. The first kappa shape index (κ1) is 16.7. The summed E-state index contributed by atoms with van der Waals surface area (Å²) in [6, 6.07) is 4.66. The molecule has 1 heterocycles. The average Bonchev–Trinajstić information content (AvgIpc) is 2.94. The number of nitrogens with one attached hydrogen (secondary N) is 3. The lowest BCUT2D eigenvalue weighted by atomic mass is 9.88. The molecule has 0 spiro atoms. The molecule has 128 valence electrons. The van der Waals surface area contributed by atoms with Gasteiger partial charge in [-0.2, -0.15) is 0 Å². The number of rotatable bonds is 4. The molecule has 0 aliphatic heterocycles. The van der Waals surface area contributed by atoms with E-state index in [4.69, 9.17) is 16.6 Å². The second-order valence-electron chi connectivity index (χ2n) is 6.28. The van der Waals surface area contributed by atoms with Gasteiger partial charge in [0.05, 0.1) is 5.52 Å². The van der Waals surface area contributed by atoms with Gasteiger partial charge in [0.25, 0.3) is 4.84 Å². The molecule has 7 heteroatoms. The summed E-state index contributed by atoms with van der Waals surface area (Å²) in [5.74, 6) is -0.244. The van der Waals surface area contributed by atoms with Crippen LogP contribution in [-0.2, 0) is 9.59 Å². The predicted octanol–water partition coefficient (Wildman–Crippen LogP) is 3.51. The first-order chi connectivity index (χ1) is 11.5. The molecule has 0 bridgehead atoms. The number of fused-ring (bicyclic) bond motifs is 1. The van der Waals surface area contributed by atoms with E-state index >= 15 is 0 Å². The van der Waals surface area contributed by atoms with Gasteiger partial charge in [-0.15, -0.1) is 0 Å². The number of hydrogen-bond donors (Lipinski definition) is 3. The fraction of sp³-hybridized carbons (Fsp3) is 0.471. The minimum absolute atomic E-state index is 0.0239. The van der Waals surface area contributed by atoms with Crippen molar-refractivity contribution < 1.29 is 14.0 Å². The predicted molar refractivity (Wildman–Crippen MR) is 94.2 cm³/mol. The van der Waals surface area contributed by atoms with Crippen molar-refractivity contribution in [3.8, 4) is 0 Å². The van der Waals surface area contributed by atoms with Crippen LogP contribution in [0.1, 0.15) is 39.0 Å². The molecule has 2 aromatic rings. The topological polar surface area (TPSA) is 87.1 Å². The number of oxazole rings is 1. The fourth-order valence-corrected chi connectivity index (χ4v) is 3.23. The first-order valence-corrected chi connectivity index (χ1v) is 8.68. The molecule has 1 fully saturated rings. The van der Waals surface area contributed by atoms with Crippen molar-refractivity contribution in [2.75, 3.05) is 5.32 Å². The monoisotopic (exact) mass is 347 g/mol. The molecular weight excluding hydrogens is 326 g/mol. The van der Waals surface area contributed by atoms with Crippen LogP contribution in [0.3, 0.4) is 0 Å². The van der Waals surface area contributed by atoms with E-state index in [9.17, 15) is 9.59 Å². The molecule has 1 aliphatic rings. The molecule has 1 unspecified atom stereocenters. The zero-order valence-corrected chi connectivity index (χ0v) is 14.4. The Kier molecular flexibility index (Phi) is 4.99. The Morgan fingerprint density at radius 1 is 1.29 bits per heavy atom. The van der Waals surface area contributed by atoms with E-state index in [2.05, 4.69) is 15.6 Å². The molecule has 1 aromatic heterocycles. The van der Waals surface area contributed by atoms with Crippen molar-refractivity contribution in [1.29, 1.82) is 0 Å². The number of aromatic nitrogens is 1. The maximum Gasteiger partial charge on any atom is 0.266 e. The quantitative estimate of drug-likeness (QED) is 0.739. The van der Waals surface area contributed by atoms with Gasteiger partial charge in [0.1, 0.15) is 6.04 Å². The van der Waals surface area contributed by atoms with Crippen LogP contribution >= 0.6 is 12.2 Å². The molecule has 3 N–H and O–H groups in total. The highest BCUT2D eigenvalue weighted by atomic mass is 32.1. The average molecular weight is 347 g/mol. The van der Waals surface area contributed by atoms with Gasteiger partial charge in [0.15, 0.2) is 5.58 Å². The number of carbonyl (C=O) groups excluding carboxylic acids is 2. The fourth-order valence-electron chi connectivity index (χ4n) is 3.04. The third kappa shape index (κ3) is 3.84. The van der Waals surface area contributed by atoms with Crippen LogP contribution < -0.4 is 10.6 Å². The largest absolute Gasteiger partial charge is 0.429 e. The molecule has 0 radical (unpaired) electrons. The van der Waals surface area contributed by atoms with E-state index < -0.39 is 6.04 Å². The van der Waals surface area contributed by atoms with Gasteiger partial charge in [0, 0.05) is 17.7 Å². The van der Waals surface area contributed by atoms with E-state index in [1.807, 2.05) is 0 Å². The smallest absolute Gasteiger partial charge is 0.266 e. The van der Waals surface area contributed by atoms with E-state index in [1.54, 1.807) is 25.1 Å². The lowest BCUT2D eigenvalue weighted by Gasteiger charge is -2.23. The van der Waals surface area contributed by atoms with Gasteiger partial charge in [-0.3, -0.25) is 9.59 Å². The Bertz CT molecular complexity index is 805. The number of H-pyrrole nitrogens is 1. The lowest BCUT2D eigenvalue weighted by molar-refractivity contribution is -0.129. The number of anilines is 1. The van der Waals surface area contributed by atoms with Crippen LogP contribution in [0.15, 0.2) is 22.6 Å². The summed E-state index contributed by atoms with van der Waals surface area (Å²) in [6.07, 6.45) is 5.19. The van der Waals surface area contributed by atoms with Crippen LogP contribution in [0, 0.1) is 10.8 Å². The standard InChI is InChI=1S/C17H21N3O3S/c1-10(18-16(22)11-5-3-2-4-6-11)15(21)19-12-7-8-13-14(9-12)23-17(24)20-13/h7-11H,2-6H2,1H3,(H,18,22)(H,19,21)(H,20,24). The van der Waals surface area contributed by atoms with Crippen LogP contribution in [0.25, 0.3) is 11.1 Å². The third-order valence-electron chi connectivity index (χ3n) is 4.42. The van der Waals surface area contributed by atoms with E-state index in [-0.39, 0.29) is 17.7 Å². The Labute approximate surface area is 145 Å². The Morgan fingerprint density at radius 3 is 2.79 bits per heavy atom. The molecule has 1 aliphatic carbocycles. The van der Waals surface area contributed by atoms with Crippen LogP contribution in [-0.4, -0.2) is 22.8 Å². The van der Waals surface area contributed by atoms with Crippen LogP contribution in [0.5, 0.6) is 0 Å². The molecular formula is C17H21N3O3S. The summed E-state index contributed by atoms with van der Waals surface area (Å²) >= 11 is 4.94. The number of benzene rings is 1. The number of aromatic amines is 1. The molecule has 0 saturated heterocycles. The van der Waals surface area contributed by atoms with Crippen molar-refractivity contribution in [1.82, 2.24) is 10.3 Å². The Morgan fingerprint density at radius 2 is 2.04 bits per heavy atom. The summed E-state index contributed by atoms with van der Waals surface area (Å²) < 4.78 is 5.33. The zero-order valence-electron chi connectivity index (χ0n) is 13.6. The summed E-state index contributed by atoms with van der Waals surface area (Å²) in [7, 11) is 0. The van der Waals surface area contributed by atoms with Crippen molar-refractivity contribution in [3.05, 3.63) is 23.0 Å². The molecule has 24 heavy (non-hydrogen) atoms. The molecule has 1 saturated carbocycles. The summed E-state index contributed by atoms with van der Waals surface area (Å²) in [6.45, 7) is 1.69. The number of hydrogen-bond acceptors (Lipinski definition) is 4. The minimum Gasteiger partial charge on any atom is -0.429 e. The van der Waals surface area contributed by atoms with Crippen molar-refractivity contribution in [2.24, 2.45) is 5.92 Å². The Balaban J connectivity index is 1.60. The number of amides is 2. The van der Waals surface area contributed by atoms with Gasteiger partial charge in [0.2, 0.25) is 11.8 Å². The lowest BCUT2D eigenvalue weighted by Crippen LogP contribution is -2.44. The van der Waals surface area contributed by atoms with Gasteiger partial charge in [-0.25, -0.2) is 0 Å². The maximum atomic E-state index is 12.3. The maximum absolute atomic E-state index is 12.3. The summed E-state index contributed by atoms with van der Waals surface area (Å²) in [5, 5.41) is 5.60. The minimum atomic E-state index is -0.590. The normalized spacial score (nSPS) is 16.7. The third-order valence-corrected chi connectivity index (χ3v) is 4.60. The van der Waals surface area contributed by atoms with Gasteiger partial charge in [-0.1, -0.05) is 19.3 Å². The highest BCUT2D eigenvalue weighted by Crippen LogP contribution is 2.24. The van der Waals surface area contributed by atoms with Gasteiger partial charge in [-0.05, 0) is 44.1 Å². The molecule has 1 aromatic carbocycles. The van der Waals surface area contributed by atoms with E-state index in [0.29, 0.717) is 16.1 Å². The van der Waals surface area contributed by atoms with Crippen molar-refractivity contribution in [3.63, 3.8) is 0 Å². The van der Waals surface area contributed by atoms with Gasteiger partial charge < -0.3 is 20.0 Å². The molecule has 1 atom stereocenters. The highest BCUT2D eigenvalue weighted by molar-refractivity contribution is 7.71. The van der Waals surface area contributed by atoms with Crippen LogP contribution in [0.2, 0.25) is 0 Å². The van der Waals surface area contributed by atoms with Crippen molar-refractivity contribution >= 4 is 40.8 Å². The molecule has 6 nitrogen and oxygen atoms in total. The second kappa shape index (κ2) is 7.17. The first-order valence-electron chi connectivity index (χ1n) is 8.27. The highest BCUT2D eigenvalue weighted by Gasteiger charge is 2.24. The van der Waals surface area contributed by atoms with Crippen molar-refractivity contribution in [2.45, 2.75) is 45.1 Å². The van der Waals surface area contributed by atoms with Crippen LogP contribution in [0.4, 0.5) is 5.69 Å². The SMILES string of the molecule is CC(NC(=O)C1CCCCC1)C(=O)Nc1ccc2[nH]c(=S)oc2c1. The number of carbonyl (C=O) groups is 2. The van der Waals surface area contributed by atoms with E-state index in [0.717, 1.165) is 31.2 Å². The Hall–Kier alpha value is -2.15. The second-order valence-corrected chi connectivity index (χ2v) is 6.65. The van der Waals surface area contributed by atoms with Gasteiger partial charge >= 0.3 is 0 Å². The molecule has 2 amide bonds. The molecule has 3 rings (SSSR count). The summed E-state index contributed by atoms with van der Waals surface area (Å²) in [4.78, 5) is 27.7.